The second-order valence-electron chi connectivity index (χ2n) is 4.12. The van der Waals surface area contributed by atoms with Gasteiger partial charge < -0.3 is 14.8 Å². The summed E-state index contributed by atoms with van der Waals surface area (Å²) < 4.78 is 24.0. The first-order valence-electron chi connectivity index (χ1n) is 5.80. The van der Waals surface area contributed by atoms with E-state index < -0.39 is 11.7 Å². The van der Waals surface area contributed by atoms with E-state index in [9.17, 15) is 9.18 Å². The van der Waals surface area contributed by atoms with E-state index in [1.165, 1.54) is 18.2 Å². The topological polar surface area (TPSA) is 47.6 Å². The summed E-state index contributed by atoms with van der Waals surface area (Å²) >= 11 is 5.84. The van der Waals surface area contributed by atoms with Gasteiger partial charge in [-0.2, -0.15) is 0 Å². The molecule has 1 N–H and O–H groups in total. The highest BCUT2D eigenvalue weighted by molar-refractivity contribution is 6.34. The number of halogens is 2. The molecule has 1 amide bonds. The second-order valence-corrected chi connectivity index (χ2v) is 4.53. The molecular weight excluding hydrogens is 285 g/mol. The van der Waals surface area contributed by atoms with E-state index >= 15 is 0 Å². The fourth-order valence-electron chi connectivity index (χ4n) is 1.88. The summed E-state index contributed by atoms with van der Waals surface area (Å²) in [5, 5.41) is 2.63. The highest BCUT2D eigenvalue weighted by Gasteiger charge is 2.18. The maximum Gasteiger partial charge on any atom is 0.260 e. The van der Waals surface area contributed by atoms with Gasteiger partial charge in [0.2, 0.25) is 6.79 Å². The van der Waals surface area contributed by atoms with E-state index in [0.717, 1.165) is 0 Å². The van der Waals surface area contributed by atoms with Gasteiger partial charge in [0.15, 0.2) is 11.5 Å². The summed E-state index contributed by atoms with van der Waals surface area (Å²) in [4.78, 5) is 12.0. The number of hydrogen-bond donors (Lipinski definition) is 1. The summed E-state index contributed by atoms with van der Waals surface area (Å²) in [5.74, 6) is -0.155. The maximum absolute atomic E-state index is 13.6. The fourth-order valence-corrected chi connectivity index (χ4v) is 2.13. The molecule has 1 aliphatic heterocycles. The monoisotopic (exact) mass is 293 g/mol. The molecule has 1 aliphatic rings. The van der Waals surface area contributed by atoms with Crippen LogP contribution in [0.15, 0.2) is 36.4 Å². The standard InChI is InChI=1S/C14H9ClFNO3/c15-9-2-1-3-10(16)13(9)14(18)17-8-4-5-11-12(6-8)20-7-19-11/h1-6H,7H2,(H,17,18). The number of rotatable bonds is 2. The second kappa shape index (κ2) is 5.02. The Hall–Kier alpha value is -2.27. The van der Waals surface area contributed by atoms with Gasteiger partial charge in [-0.15, -0.1) is 0 Å². The van der Waals surface area contributed by atoms with Gasteiger partial charge in [0.25, 0.3) is 5.91 Å². The Bertz CT molecular complexity index is 670. The first kappa shape index (κ1) is 12.7. The molecule has 4 nitrogen and oxygen atoms in total. The minimum atomic E-state index is -0.671. The van der Waals surface area contributed by atoms with Gasteiger partial charge in [0, 0.05) is 11.8 Å². The molecule has 0 aromatic heterocycles. The summed E-state index contributed by atoms with van der Waals surface area (Å²) in [5.41, 5.74) is 0.283. The first-order chi connectivity index (χ1) is 9.65. The number of carbonyl (C=O) groups is 1. The first-order valence-corrected chi connectivity index (χ1v) is 6.18. The zero-order valence-corrected chi connectivity index (χ0v) is 10.9. The van der Waals surface area contributed by atoms with Crippen LogP contribution in [0.1, 0.15) is 10.4 Å². The number of ether oxygens (including phenoxy) is 2. The van der Waals surface area contributed by atoms with Gasteiger partial charge in [-0.1, -0.05) is 17.7 Å². The highest BCUT2D eigenvalue weighted by Crippen LogP contribution is 2.34. The Balaban J connectivity index is 1.86. The van der Waals surface area contributed by atoms with Crippen LogP contribution in [0, 0.1) is 5.82 Å². The summed E-state index contributed by atoms with van der Waals surface area (Å²) in [6, 6.07) is 8.99. The Morgan fingerprint density at radius 2 is 2.00 bits per heavy atom. The van der Waals surface area contributed by atoms with Gasteiger partial charge >= 0.3 is 0 Å². The minimum absolute atomic E-state index is 0.0586. The number of anilines is 1. The van der Waals surface area contributed by atoms with Crippen LogP contribution in [-0.4, -0.2) is 12.7 Å². The fraction of sp³-hybridized carbons (Fsp3) is 0.0714. The Morgan fingerprint density at radius 1 is 1.20 bits per heavy atom. The van der Waals surface area contributed by atoms with Crippen molar-refractivity contribution in [2.45, 2.75) is 0 Å². The van der Waals surface area contributed by atoms with Crippen molar-refractivity contribution in [1.29, 1.82) is 0 Å². The summed E-state index contributed by atoms with van der Waals surface area (Å²) in [6.45, 7) is 0.145. The third-order valence-electron chi connectivity index (χ3n) is 2.82. The molecule has 0 fully saturated rings. The zero-order valence-electron chi connectivity index (χ0n) is 10.2. The lowest BCUT2D eigenvalue weighted by atomic mass is 10.2. The van der Waals surface area contributed by atoms with Crippen LogP contribution >= 0.6 is 11.6 Å². The highest BCUT2D eigenvalue weighted by atomic mass is 35.5. The molecule has 0 bridgehead atoms. The van der Waals surface area contributed by atoms with Gasteiger partial charge in [-0.05, 0) is 24.3 Å². The quantitative estimate of drug-likeness (QED) is 0.922. The van der Waals surface area contributed by atoms with Crippen molar-refractivity contribution >= 4 is 23.2 Å². The number of nitrogens with one attached hydrogen (secondary N) is 1. The SMILES string of the molecule is O=C(Nc1ccc2c(c1)OCO2)c1c(F)cccc1Cl. The maximum atomic E-state index is 13.6. The van der Waals surface area contributed by atoms with Crippen LogP contribution in [0.25, 0.3) is 0 Å². The van der Waals surface area contributed by atoms with Crippen molar-refractivity contribution in [2.24, 2.45) is 0 Å². The molecule has 0 atom stereocenters. The lowest BCUT2D eigenvalue weighted by Gasteiger charge is -2.08. The van der Waals surface area contributed by atoms with E-state index in [4.69, 9.17) is 21.1 Å². The van der Waals surface area contributed by atoms with Crippen molar-refractivity contribution in [3.05, 3.63) is 52.8 Å². The number of amides is 1. The average molecular weight is 294 g/mol. The number of carbonyl (C=O) groups excluding carboxylic acids is 1. The molecule has 6 heteroatoms. The van der Waals surface area contributed by atoms with Crippen LogP contribution in [0.5, 0.6) is 11.5 Å². The van der Waals surface area contributed by atoms with Crippen LogP contribution in [0.3, 0.4) is 0 Å². The lowest BCUT2D eigenvalue weighted by Crippen LogP contribution is -2.14. The predicted molar refractivity (Wildman–Crippen MR) is 71.9 cm³/mol. The number of fused-ring (bicyclic) bond motifs is 1. The Kier molecular flexibility index (Phi) is 3.20. The van der Waals surface area contributed by atoms with Crippen molar-refractivity contribution in [2.75, 3.05) is 12.1 Å². The molecule has 0 spiro atoms. The Morgan fingerprint density at radius 3 is 2.80 bits per heavy atom. The third-order valence-corrected chi connectivity index (χ3v) is 3.14. The molecule has 0 saturated heterocycles. The van der Waals surface area contributed by atoms with Crippen LogP contribution < -0.4 is 14.8 Å². The molecule has 2 aromatic carbocycles. The van der Waals surface area contributed by atoms with E-state index in [0.29, 0.717) is 17.2 Å². The smallest absolute Gasteiger partial charge is 0.260 e. The summed E-state index contributed by atoms with van der Waals surface area (Å²) in [6.07, 6.45) is 0. The molecule has 0 aliphatic carbocycles. The third kappa shape index (κ3) is 2.28. The molecule has 3 rings (SSSR count). The molecular formula is C14H9ClFNO3. The van der Waals surface area contributed by atoms with Gasteiger partial charge in [-0.3, -0.25) is 4.79 Å². The lowest BCUT2D eigenvalue weighted by molar-refractivity contribution is 0.102. The molecule has 0 radical (unpaired) electrons. The molecule has 0 unspecified atom stereocenters. The van der Waals surface area contributed by atoms with E-state index in [-0.39, 0.29) is 17.4 Å². The Labute approximate surface area is 119 Å². The average Bonchev–Trinajstić information content (AvgIpc) is 2.85. The minimum Gasteiger partial charge on any atom is -0.454 e. The number of hydrogen-bond acceptors (Lipinski definition) is 3. The largest absolute Gasteiger partial charge is 0.454 e. The number of benzene rings is 2. The molecule has 20 heavy (non-hydrogen) atoms. The van der Waals surface area contributed by atoms with Gasteiger partial charge in [-0.25, -0.2) is 4.39 Å². The van der Waals surface area contributed by atoms with E-state index in [1.807, 2.05) is 0 Å². The van der Waals surface area contributed by atoms with E-state index in [1.54, 1.807) is 18.2 Å². The molecule has 2 aromatic rings. The van der Waals surface area contributed by atoms with Crippen molar-refractivity contribution in [3.8, 4) is 11.5 Å². The van der Waals surface area contributed by atoms with Crippen LogP contribution in [0.2, 0.25) is 5.02 Å². The summed E-state index contributed by atoms with van der Waals surface area (Å²) in [7, 11) is 0. The van der Waals surface area contributed by atoms with Crippen LogP contribution in [0.4, 0.5) is 10.1 Å². The molecule has 0 saturated carbocycles. The normalized spacial score (nSPS) is 12.3. The van der Waals surface area contributed by atoms with Gasteiger partial charge in [0.1, 0.15) is 5.82 Å². The van der Waals surface area contributed by atoms with Crippen molar-refractivity contribution < 1.29 is 18.7 Å². The van der Waals surface area contributed by atoms with Crippen molar-refractivity contribution in [3.63, 3.8) is 0 Å². The predicted octanol–water partition coefficient (Wildman–Crippen LogP) is 3.46. The molecule has 1 heterocycles. The van der Waals surface area contributed by atoms with E-state index in [2.05, 4.69) is 5.32 Å². The zero-order chi connectivity index (χ0) is 14.1. The van der Waals surface area contributed by atoms with Crippen LogP contribution in [-0.2, 0) is 0 Å². The molecule has 102 valence electrons. The van der Waals surface area contributed by atoms with Gasteiger partial charge in [0.05, 0.1) is 10.6 Å². The van der Waals surface area contributed by atoms with Crippen molar-refractivity contribution in [1.82, 2.24) is 0 Å².